The van der Waals surface area contributed by atoms with E-state index in [1.165, 1.54) is 5.56 Å². The standard InChI is InChI=1S/C18H21N3O2/c1-13-3-5-17-15(9-13)12-21(11-14(2)23-17)18(22)6-4-16-10-19-7-8-20-16/h3,5,7-10,14H,4,6,11-12H2,1-2H3. The van der Waals surface area contributed by atoms with E-state index in [9.17, 15) is 4.79 Å². The number of hydrogen-bond donors (Lipinski definition) is 0. The Bertz CT molecular complexity index is 688. The lowest BCUT2D eigenvalue weighted by molar-refractivity contribution is -0.132. The van der Waals surface area contributed by atoms with Crippen molar-refractivity contribution in [2.75, 3.05) is 6.54 Å². The molecule has 1 aliphatic heterocycles. The lowest BCUT2D eigenvalue weighted by Crippen LogP contribution is -2.36. The van der Waals surface area contributed by atoms with E-state index in [2.05, 4.69) is 23.0 Å². The van der Waals surface area contributed by atoms with E-state index in [0.29, 0.717) is 25.9 Å². The number of fused-ring (bicyclic) bond motifs is 1. The van der Waals surface area contributed by atoms with E-state index in [1.807, 2.05) is 24.0 Å². The minimum atomic E-state index is -0.0144. The molecule has 2 aromatic rings. The normalized spacial score (nSPS) is 17.1. The largest absolute Gasteiger partial charge is 0.489 e. The Morgan fingerprint density at radius 1 is 1.39 bits per heavy atom. The monoisotopic (exact) mass is 311 g/mol. The molecule has 0 bridgehead atoms. The number of amides is 1. The van der Waals surface area contributed by atoms with Crippen molar-refractivity contribution in [1.29, 1.82) is 0 Å². The smallest absolute Gasteiger partial charge is 0.223 e. The summed E-state index contributed by atoms with van der Waals surface area (Å²) in [5.74, 6) is 1.01. The predicted molar refractivity (Wildman–Crippen MR) is 87.0 cm³/mol. The summed E-state index contributed by atoms with van der Waals surface area (Å²) in [6.07, 6.45) is 6.03. The minimum absolute atomic E-state index is 0.0144. The summed E-state index contributed by atoms with van der Waals surface area (Å²) in [7, 11) is 0. The fourth-order valence-electron chi connectivity index (χ4n) is 2.82. The Kier molecular flexibility index (Phi) is 4.55. The number of carbonyl (C=O) groups excluding carboxylic acids is 1. The van der Waals surface area contributed by atoms with Gasteiger partial charge in [0.25, 0.3) is 0 Å². The third-order valence-corrected chi connectivity index (χ3v) is 3.95. The minimum Gasteiger partial charge on any atom is -0.489 e. The molecule has 0 saturated carbocycles. The molecule has 3 rings (SSSR count). The van der Waals surface area contributed by atoms with E-state index in [0.717, 1.165) is 17.0 Å². The molecule has 23 heavy (non-hydrogen) atoms. The molecule has 1 aromatic heterocycles. The van der Waals surface area contributed by atoms with E-state index in [4.69, 9.17) is 4.74 Å². The Hall–Kier alpha value is -2.43. The highest BCUT2D eigenvalue weighted by atomic mass is 16.5. The molecule has 5 nitrogen and oxygen atoms in total. The third kappa shape index (κ3) is 3.86. The first-order valence-corrected chi connectivity index (χ1v) is 7.90. The Morgan fingerprint density at radius 2 is 2.26 bits per heavy atom. The summed E-state index contributed by atoms with van der Waals surface area (Å²) < 4.78 is 5.94. The molecule has 5 heteroatoms. The molecule has 120 valence electrons. The molecule has 0 saturated heterocycles. The molecule has 1 unspecified atom stereocenters. The van der Waals surface area contributed by atoms with Gasteiger partial charge in [0, 0.05) is 37.1 Å². The van der Waals surface area contributed by atoms with Crippen molar-refractivity contribution in [3.05, 3.63) is 53.6 Å². The van der Waals surface area contributed by atoms with Crippen LogP contribution in [0.15, 0.2) is 36.8 Å². The lowest BCUT2D eigenvalue weighted by atomic mass is 10.1. The van der Waals surface area contributed by atoms with Gasteiger partial charge in [-0.3, -0.25) is 14.8 Å². The molecule has 2 heterocycles. The first-order valence-electron chi connectivity index (χ1n) is 7.90. The number of aromatic nitrogens is 2. The summed E-state index contributed by atoms with van der Waals surface area (Å²) in [6.45, 7) is 5.25. The van der Waals surface area contributed by atoms with E-state index < -0.39 is 0 Å². The molecule has 0 spiro atoms. The molecule has 1 amide bonds. The second kappa shape index (κ2) is 6.77. The summed E-state index contributed by atoms with van der Waals surface area (Å²) in [4.78, 5) is 22.7. The van der Waals surface area contributed by atoms with Crippen LogP contribution in [0.5, 0.6) is 5.75 Å². The van der Waals surface area contributed by atoms with Gasteiger partial charge in [0.05, 0.1) is 12.2 Å². The van der Waals surface area contributed by atoms with Crippen LogP contribution in [-0.4, -0.2) is 33.4 Å². The maximum absolute atomic E-state index is 12.6. The first-order chi connectivity index (χ1) is 11.1. The van der Waals surface area contributed by atoms with Gasteiger partial charge < -0.3 is 9.64 Å². The van der Waals surface area contributed by atoms with E-state index >= 15 is 0 Å². The molecule has 1 atom stereocenters. The highest BCUT2D eigenvalue weighted by Crippen LogP contribution is 2.26. The van der Waals surface area contributed by atoms with E-state index in [1.54, 1.807) is 18.6 Å². The van der Waals surface area contributed by atoms with Gasteiger partial charge in [-0.1, -0.05) is 17.7 Å². The van der Waals surface area contributed by atoms with Gasteiger partial charge in [0.2, 0.25) is 5.91 Å². The fraction of sp³-hybridized carbons (Fsp3) is 0.389. The first kappa shape index (κ1) is 15.5. The molecule has 0 radical (unpaired) electrons. The second-order valence-electron chi connectivity index (χ2n) is 6.01. The topological polar surface area (TPSA) is 55.3 Å². The zero-order valence-corrected chi connectivity index (χ0v) is 13.5. The lowest BCUT2D eigenvalue weighted by Gasteiger charge is -2.22. The number of rotatable bonds is 3. The molecule has 0 N–H and O–H groups in total. The van der Waals surface area contributed by atoms with Gasteiger partial charge in [-0.15, -0.1) is 0 Å². The van der Waals surface area contributed by atoms with Gasteiger partial charge in [-0.05, 0) is 26.3 Å². The highest BCUT2D eigenvalue weighted by Gasteiger charge is 2.23. The maximum atomic E-state index is 12.6. The summed E-state index contributed by atoms with van der Waals surface area (Å²) in [5, 5.41) is 0. The van der Waals surface area contributed by atoms with Crippen molar-refractivity contribution in [2.24, 2.45) is 0 Å². The average molecular weight is 311 g/mol. The van der Waals surface area contributed by atoms with Crippen LogP contribution >= 0.6 is 0 Å². The number of benzene rings is 1. The van der Waals surface area contributed by atoms with Gasteiger partial charge >= 0.3 is 0 Å². The Morgan fingerprint density at radius 3 is 3.04 bits per heavy atom. The van der Waals surface area contributed by atoms with Crippen LogP contribution in [0.4, 0.5) is 0 Å². The number of carbonyl (C=O) groups is 1. The van der Waals surface area contributed by atoms with Crippen LogP contribution in [0.3, 0.4) is 0 Å². The quantitative estimate of drug-likeness (QED) is 0.874. The van der Waals surface area contributed by atoms with Crippen LogP contribution in [0.25, 0.3) is 0 Å². The summed E-state index contributed by atoms with van der Waals surface area (Å²) in [5.41, 5.74) is 3.09. The van der Waals surface area contributed by atoms with Gasteiger partial charge in [0.15, 0.2) is 0 Å². The molecule has 1 aromatic carbocycles. The Labute approximate surface area is 136 Å². The van der Waals surface area contributed by atoms with Crippen LogP contribution in [0.1, 0.15) is 30.2 Å². The predicted octanol–water partition coefficient (Wildman–Crippen LogP) is 2.53. The van der Waals surface area contributed by atoms with Crippen molar-refractivity contribution in [2.45, 2.75) is 39.3 Å². The Balaban J connectivity index is 1.70. The van der Waals surface area contributed by atoms with Crippen molar-refractivity contribution in [3.8, 4) is 5.75 Å². The van der Waals surface area contributed by atoms with Crippen molar-refractivity contribution < 1.29 is 9.53 Å². The van der Waals surface area contributed by atoms with Gasteiger partial charge in [0.1, 0.15) is 11.9 Å². The molecular weight excluding hydrogens is 290 g/mol. The van der Waals surface area contributed by atoms with Crippen molar-refractivity contribution >= 4 is 5.91 Å². The van der Waals surface area contributed by atoms with Crippen molar-refractivity contribution in [1.82, 2.24) is 14.9 Å². The third-order valence-electron chi connectivity index (χ3n) is 3.95. The average Bonchev–Trinajstić information content (AvgIpc) is 2.71. The number of hydrogen-bond acceptors (Lipinski definition) is 4. The van der Waals surface area contributed by atoms with Crippen LogP contribution in [0, 0.1) is 6.92 Å². The zero-order valence-electron chi connectivity index (χ0n) is 13.5. The molecule has 0 fully saturated rings. The second-order valence-corrected chi connectivity index (χ2v) is 6.01. The number of ether oxygens (including phenoxy) is 1. The van der Waals surface area contributed by atoms with Crippen LogP contribution < -0.4 is 4.74 Å². The van der Waals surface area contributed by atoms with Crippen molar-refractivity contribution in [3.63, 3.8) is 0 Å². The van der Waals surface area contributed by atoms with Crippen LogP contribution in [-0.2, 0) is 17.8 Å². The molecule has 0 aliphatic carbocycles. The molecular formula is C18H21N3O2. The SMILES string of the molecule is Cc1ccc2c(c1)CN(C(=O)CCc1cnccn1)CC(C)O2. The summed E-state index contributed by atoms with van der Waals surface area (Å²) in [6, 6.07) is 6.13. The number of aryl methyl sites for hydroxylation is 2. The van der Waals surface area contributed by atoms with Gasteiger partial charge in [-0.25, -0.2) is 0 Å². The zero-order chi connectivity index (χ0) is 16.2. The number of nitrogens with zero attached hydrogens (tertiary/aromatic N) is 3. The highest BCUT2D eigenvalue weighted by molar-refractivity contribution is 5.76. The van der Waals surface area contributed by atoms with Gasteiger partial charge in [-0.2, -0.15) is 0 Å². The fourth-order valence-corrected chi connectivity index (χ4v) is 2.82. The van der Waals surface area contributed by atoms with E-state index in [-0.39, 0.29) is 12.0 Å². The maximum Gasteiger partial charge on any atom is 0.223 e. The molecule has 1 aliphatic rings. The summed E-state index contributed by atoms with van der Waals surface area (Å²) >= 11 is 0. The van der Waals surface area contributed by atoms with Crippen LogP contribution in [0.2, 0.25) is 0 Å².